The Morgan fingerprint density at radius 1 is 1.08 bits per heavy atom. The zero-order valence-electron chi connectivity index (χ0n) is 14.3. The molecule has 6 nitrogen and oxygen atoms in total. The van der Waals surface area contributed by atoms with Crippen LogP contribution < -0.4 is 15.4 Å². The van der Waals surface area contributed by atoms with Crippen LogP contribution >= 0.6 is 11.6 Å². The number of nitrogens with zero attached hydrogens (tertiary/aromatic N) is 2. The van der Waals surface area contributed by atoms with Gasteiger partial charge in [0.1, 0.15) is 23.6 Å². The summed E-state index contributed by atoms with van der Waals surface area (Å²) >= 11 is 5.88. The van der Waals surface area contributed by atoms with Crippen LogP contribution in [0, 0.1) is 6.92 Å². The van der Waals surface area contributed by atoms with Crippen molar-refractivity contribution in [3.63, 3.8) is 0 Å². The molecule has 0 aliphatic carbocycles. The number of carbonyl (C=O) groups excluding carboxylic acids is 1. The van der Waals surface area contributed by atoms with Gasteiger partial charge in [-0.1, -0.05) is 17.7 Å². The van der Waals surface area contributed by atoms with Gasteiger partial charge in [-0.05, 0) is 48.9 Å². The lowest BCUT2D eigenvalue weighted by molar-refractivity contribution is 0.102. The first-order chi connectivity index (χ1) is 12.5. The van der Waals surface area contributed by atoms with E-state index in [1.54, 1.807) is 31.4 Å². The van der Waals surface area contributed by atoms with E-state index in [0.29, 0.717) is 22.3 Å². The first-order valence-corrected chi connectivity index (χ1v) is 8.23. The summed E-state index contributed by atoms with van der Waals surface area (Å²) in [6.07, 6.45) is 1.33. The fourth-order valence-electron chi connectivity index (χ4n) is 2.34. The Balaban J connectivity index is 1.78. The minimum absolute atomic E-state index is 0.236. The summed E-state index contributed by atoms with van der Waals surface area (Å²) in [4.78, 5) is 20.7. The molecule has 0 aliphatic heterocycles. The molecule has 26 heavy (non-hydrogen) atoms. The molecule has 3 rings (SSSR count). The molecule has 0 atom stereocenters. The molecule has 132 valence electrons. The second kappa shape index (κ2) is 7.84. The second-order valence-corrected chi connectivity index (χ2v) is 6.01. The van der Waals surface area contributed by atoms with Crippen LogP contribution in [0.3, 0.4) is 0 Å². The van der Waals surface area contributed by atoms with Crippen LogP contribution in [0.25, 0.3) is 0 Å². The molecule has 0 spiro atoms. The molecule has 1 aromatic heterocycles. The Labute approximate surface area is 156 Å². The van der Waals surface area contributed by atoms with E-state index in [2.05, 4.69) is 20.6 Å². The van der Waals surface area contributed by atoms with E-state index >= 15 is 0 Å². The zero-order chi connectivity index (χ0) is 18.5. The summed E-state index contributed by atoms with van der Waals surface area (Å²) in [7, 11) is 1.55. The predicted molar refractivity (Wildman–Crippen MR) is 102 cm³/mol. The van der Waals surface area contributed by atoms with Crippen LogP contribution in [0.1, 0.15) is 16.1 Å². The molecule has 0 radical (unpaired) electrons. The van der Waals surface area contributed by atoms with Crippen molar-refractivity contribution >= 4 is 34.7 Å². The van der Waals surface area contributed by atoms with Crippen molar-refractivity contribution in [3.8, 4) is 5.75 Å². The molecule has 0 fully saturated rings. The van der Waals surface area contributed by atoms with Crippen molar-refractivity contribution in [2.24, 2.45) is 0 Å². The Bertz CT molecular complexity index is 929. The maximum atomic E-state index is 12.5. The van der Waals surface area contributed by atoms with Crippen LogP contribution in [0.4, 0.5) is 17.2 Å². The lowest BCUT2D eigenvalue weighted by Crippen LogP contribution is -2.15. The first-order valence-electron chi connectivity index (χ1n) is 7.86. The fraction of sp³-hybridized carbons (Fsp3) is 0.105. The molecule has 0 saturated carbocycles. The second-order valence-electron chi connectivity index (χ2n) is 5.58. The van der Waals surface area contributed by atoms with Crippen molar-refractivity contribution in [2.75, 3.05) is 17.7 Å². The Morgan fingerprint density at radius 3 is 2.58 bits per heavy atom. The molecule has 0 bridgehead atoms. The number of rotatable bonds is 5. The highest BCUT2D eigenvalue weighted by Gasteiger charge is 2.12. The highest BCUT2D eigenvalue weighted by atomic mass is 35.5. The fourth-order valence-corrected chi connectivity index (χ4v) is 2.46. The topological polar surface area (TPSA) is 76.1 Å². The van der Waals surface area contributed by atoms with Crippen LogP contribution in [0.2, 0.25) is 5.02 Å². The van der Waals surface area contributed by atoms with E-state index in [4.69, 9.17) is 16.3 Å². The monoisotopic (exact) mass is 368 g/mol. The van der Waals surface area contributed by atoms with Gasteiger partial charge in [0.2, 0.25) is 0 Å². The van der Waals surface area contributed by atoms with Crippen molar-refractivity contribution in [1.82, 2.24) is 9.97 Å². The van der Waals surface area contributed by atoms with E-state index in [-0.39, 0.29) is 11.6 Å². The van der Waals surface area contributed by atoms with Crippen LogP contribution in [0.15, 0.2) is 54.9 Å². The van der Waals surface area contributed by atoms with Crippen LogP contribution in [-0.4, -0.2) is 23.0 Å². The smallest absolute Gasteiger partial charge is 0.274 e. The number of anilines is 3. The van der Waals surface area contributed by atoms with E-state index in [0.717, 1.165) is 11.3 Å². The molecule has 0 aliphatic rings. The van der Waals surface area contributed by atoms with Crippen LogP contribution in [-0.2, 0) is 0 Å². The molecule has 0 unspecified atom stereocenters. The SMILES string of the molecule is COc1ccc(C)cc1NC(=O)c1cc(Nc2ccc(Cl)cc2)ncn1. The maximum Gasteiger partial charge on any atom is 0.274 e. The summed E-state index contributed by atoms with van der Waals surface area (Å²) in [5.74, 6) is 0.733. The van der Waals surface area contributed by atoms with E-state index < -0.39 is 0 Å². The lowest BCUT2D eigenvalue weighted by atomic mass is 10.2. The number of amides is 1. The third kappa shape index (κ3) is 4.29. The summed E-state index contributed by atoms with van der Waals surface area (Å²) in [6, 6.07) is 14.3. The van der Waals surface area contributed by atoms with Gasteiger partial charge in [-0.15, -0.1) is 0 Å². The summed E-state index contributed by atoms with van der Waals surface area (Å²) < 4.78 is 5.28. The molecule has 2 N–H and O–H groups in total. The summed E-state index contributed by atoms with van der Waals surface area (Å²) in [5, 5.41) is 6.57. The molecule has 1 amide bonds. The standard InChI is InChI=1S/C19H17ClN4O2/c1-12-3-8-17(26-2)15(9-12)24-19(25)16-10-18(22-11-21-16)23-14-6-4-13(20)5-7-14/h3-11H,1-2H3,(H,24,25)(H,21,22,23). The Morgan fingerprint density at radius 2 is 1.85 bits per heavy atom. The number of benzene rings is 2. The zero-order valence-corrected chi connectivity index (χ0v) is 15.0. The number of hydrogen-bond donors (Lipinski definition) is 2. The molecule has 1 heterocycles. The quantitative estimate of drug-likeness (QED) is 0.696. The van der Waals surface area contributed by atoms with Crippen molar-refractivity contribution < 1.29 is 9.53 Å². The van der Waals surface area contributed by atoms with Gasteiger partial charge < -0.3 is 15.4 Å². The van der Waals surface area contributed by atoms with Gasteiger partial charge >= 0.3 is 0 Å². The average Bonchev–Trinajstić information content (AvgIpc) is 2.64. The largest absolute Gasteiger partial charge is 0.495 e. The average molecular weight is 369 g/mol. The van der Waals surface area contributed by atoms with Gasteiger partial charge in [0.05, 0.1) is 12.8 Å². The van der Waals surface area contributed by atoms with Crippen molar-refractivity contribution in [3.05, 3.63) is 71.1 Å². The van der Waals surface area contributed by atoms with Gasteiger partial charge in [0.15, 0.2) is 0 Å². The molecule has 7 heteroatoms. The number of ether oxygens (including phenoxy) is 1. The summed E-state index contributed by atoms with van der Waals surface area (Å²) in [6.45, 7) is 1.94. The minimum atomic E-state index is -0.351. The molecular formula is C19H17ClN4O2. The minimum Gasteiger partial charge on any atom is -0.495 e. The number of halogens is 1. The van der Waals surface area contributed by atoms with Crippen molar-refractivity contribution in [1.29, 1.82) is 0 Å². The molecule has 2 aromatic carbocycles. The Hall–Kier alpha value is -3.12. The normalized spacial score (nSPS) is 10.3. The highest BCUT2D eigenvalue weighted by molar-refractivity contribution is 6.30. The maximum absolute atomic E-state index is 12.5. The first kappa shape index (κ1) is 17.7. The summed E-state index contributed by atoms with van der Waals surface area (Å²) in [5.41, 5.74) is 2.64. The Kier molecular flexibility index (Phi) is 5.34. The predicted octanol–water partition coefficient (Wildman–Crippen LogP) is 4.44. The van der Waals surface area contributed by atoms with Gasteiger partial charge in [-0.3, -0.25) is 4.79 Å². The molecular weight excluding hydrogens is 352 g/mol. The number of carbonyl (C=O) groups is 1. The van der Waals surface area contributed by atoms with Gasteiger partial charge in [0, 0.05) is 16.8 Å². The van der Waals surface area contributed by atoms with Crippen LogP contribution in [0.5, 0.6) is 5.75 Å². The van der Waals surface area contributed by atoms with E-state index in [1.807, 2.05) is 31.2 Å². The van der Waals surface area contributed by atoms with E-state index in [9.17, 15) is 4.79 Å². The number of methoxy groups -OCH3 is 1. The number of hydrogen-bond acceptors (Lipinski definition) is 5. The number of aromatic nitrogens is 2. The third-order valence-electron chi connectivity index (χ3n) is 3.62. The number of nitrogens with one attached hydrogen (secondary N) is 2. The third-order valence-corrected chi connectivity index (χ3v) is 3.87. The molecule has 0 saturated heterocycles. The number of aryl methyl sites for hydroxylation is 1. The van der Waals surface area contributed by atoms with E-state index in [1.165, 1.54) is 6.33 Å². The van der Waals surface area contributed by atoms with Gasteiger partial charge in [-0.25, -0.2) is 9.97 Å². The lowest BCUT2D eigenvalue weighted by Gasteiger charge is -2.11. The highest BCUT2D eigenvalue weighted by Crippen LogP contribution is 2.26. The van der Waals surface area contributed by atoms with Crippen molar-refractivity contribution in [2.45, 2.75) is 6.92 Å². The van der Waals surface area contributed by atoms with Gasteiger partial charge in [0.25, 0.3) is 5.91 Å². The molecule has 3 aromatic rings. The van der Waals surface area contributed by atoms with Gasteiger partial charge in [-0.2, -0.15) is 0 Å².